The largest absolute Gasteiger partial charge is 0.490 e. The Bertz CT molecular complexity index is 1260. The summed E-state index contributed by atoms with van der Waals surface area (Å²) >= 11 is 0. The van der Waals surface area contributed by atoms with Gasteiger partial charge in [-0.2, -0.15) is 5.26 Å². The van der Waals surface area contributed by atoms with Gasteiger partial charge in [0.2, 0.25) is 5.91 Å². The van der Waals surface area contributed by atoms with Crippen molar-refractivity contribution in [1.29, 1.82) is 5.26 Å². The molecule has 2 aromatic heterocycles. The molecule has 8 heteroatoms. The second-order valence-corrected chi connectivity index (χ2v) is 9.14. The number of nitrogens with one attached hydrogen (secondary N) is 1. The normalized spacial score (nSPS) is 17.7. The summed E-state index contributed by atoms with van der Waals surface area (Å²) in [4.78, 5) is 15.4. The van der Waals surface area contributed by atoms with E-state index in [4.69, 9.17) is 13.9 Å². The molecule has 0 spiro atoms. The van der Waals surface area contributed by atoms with Crippen LogP contribution in [0.1, 0.15) is 53.4 Å². The average molecular weight is 475 g/mol. The smallest absolute Gasteiger partial charge is 0.239 e. The van der Waals surface area contributed by atoms with Gasteiger partial charge in [-0.1, -0.05) is 6.07 Å². The van der Waals surface area contributed by atoms with E-state index in [1.807, 2.05) is 36.6 Å². The third kappa shape index (κ3) is 4.64. The van der Waals surface area contributed by atoms with Gasteiger partial charge in [0.1, 0.15) is 17.6 Å². The lowest BCUT2D eigenvalue weighted by atomic mass is 10.0. The van der Waals surface area contributed by atoms with Crippen LogP contribution in [-0.4, -0.2) is 41.7 Å². The molecule has 35 heavy (non-hydrogen) atoms. The van der Waals surface area contributed by atoms with Crippen LogP contribution in [0.5, 0.6) is 11.5 Å². The predicted octanol–water partition coefficient (Wildman–Crippen LogP) is 4.55. The average Bonchev–Trinajstić information content (AvgIpc) is 3.53. The summed E-state index contributed by atoms with van der Waals surface area (Å²) < 4.78 is 19.1. The SMILES string of the molecule is Cc1c(C#N)c(NC(=O)CN2CCC[C@H]2c2ccc3c(c2)OCCCO3)n(Cc2ccco2)c1C. The van der Waals surface area contributed by atoms with Crippen LogP contribution in [0.3, 0.4) is 0 Å². The number of nitriles is 1. The zero-order chi connectivity index (χ0) is 24.4. The Morgan fingerprint density at radius 1 is 1.17 bits per heavy atom. The van der Waals surface area contributed by atoms with E-state index < -0.39 is 0 Å². The molecule has 1 fully saturated rings. The molecule has 1 amide bonds. The van der Waals surface area contributed by atoms with E-state index >= 15 is 0 Å². The molecule has 3 aromatic rings. The Morgan fingerprint density at radius 3 is 2.77 bits per heavy atom. The molecular weight excluding hydrogens is 444 g/mol. The minimum atomic E-state index is -0.138. The van der Waals surface area contributed by atoms with E-state index in [9.17, 15) is 10.1 Å². The maximum Gasteiger partial charge on any atom is 0.239 e. The van der Waals surface area contributed by atoms with Crippen LogP contribution in [0.2, 0.25) is 0 Å². The summed E-state index contributed by atoms with van der Waals surface area (Å²) in [5, 5.41) is 12.8. The summed E-state index contributed by atoms with van der Waals surface area (Å²) in [5.74, 6) is 2.70. The van der Waals surface area contributed by atoms with Crippen molar-refractivity contribution in [2.75, 3.05) is 31.6 Å². The first kappa shape index (κ1) is 23.1. The number of likely N-dealkylation sites (tertiary alicyclic amines) is 1. The zero-order valence-electron chi connectivity index (χ0n) is 20.2. The van der Waals surface area contributed by atoms with Crippen molar-refractivity contribution in [3.63, 3.8) is 0 Å². The first-order valence-corrected chi connectivity index (χ1v) is 12.1. The number of aromatic nitrogens is 1. The Morgan fingerprint density at radius 2 is 2.00 bits per heavy atom. The summed E-state index contributed by atoms with van der Waals surface area (Å²) in [6.45, 7) is 6.69. The molecule has 1 aromatic carbocycles. The summed E-state index contributed by atoms with van der Waals surface area (Å²) in [6, 6.07) is 12.2. The second-order valence-electron chi connectivity index (χ2n) is 9.14. The number of hydrogen-bond acceptors (Lipinski definition) is 6. The fourth-order valence-corrected chi connectivity index (χ4v) is 5.02. The molecule has 4 heterocycles. The van der Waals surface area contributed by atoms with Crippen molar-refractivity contribution in [1.82, 2.24) is 9.47 Å². The molecule has 182 valence electrons. The van der Waals surface area contributed by atoms with Gasteiger partial charge in [0.05, 0.1) is 38.1 Å². The monoisotopic (exact) mass is 474 g/mol. The number of hydrogen-bond donors (Lipinski definition) is 1. The molecule has 0 saturated carbocycles. The Balaban J connectivity index is 1.34. The molecule has 0 aliphatic carbocycles. The maximum absolute atomic E-state index is 13.2. The van der Waals surface area contributed by atoms with E-state index in [1.165, 1.54) is 0 Å². The molecule has 0 unspecified atom stereocenters. The van der Waals surface area contributed by atoms with E-state index in [1.54, 1.807) is 6.26 Å². The summed E-state index contributed by atoms with van der Waals surface area (Å²) in [6.07, 6.45) is 4.48. The number of nitrogens with zero attached hydrogens (tertiary/aromatic N) is 3. The maximum atomic E-state index is 13.2. The van der Waals surface area contributed by atoms with Gasteiger partial charge in [-0.15, -0.1) is 0 Å². The van der Waals surface area contributed by atoms with Gasteiger partial charge in [0.15, 0.2) is 11.5 Å². The highest BCUT2D eigenvalue weighted by atomic mass is 16.5. The lowest BCUT2D eigenvalue weighted by molar-refractivity contribution is -0.117. The Hall–Kier alpha value is -3.70. The fourth-order valence-electron chi connectivity index (χ4n) is 5.02. The zero-order valence-corrected chi connectivity index (χ0v) is 20.2. The topological polar surface area (TPSA) is 92.7 Å². The Labute approximate surface area is 205 Å². The summed E-state index contributed by atoms with van der Waals surface area (Å²) in [7, 11) is 0. The minimum absolute atomic E-state index is 0.131. The van der Waals surface area contributed by atoms with Gasteiger partial charge in [-0.05, 0) is 68.6 Å². The molecule has 2 aliphatic rings. The van der Waals surface area contributed by atoms with Gasteiger partial charge in [0.25, 0.3) is 0 Å². The highest BCUT2D eigenvalue weighted by Crippen LogP contribution is 2.38. The quantitative estimate of drug-likeness (QED) is 0.563. The van der Waals surface area contributed by atoms with Crippen molar-refractivity contribution in [2.24, 2.45) is 0 Å². The Kier molecular flexibility index (Phi) is 6.51. The van der Waals surface area contributed by atoms with Gasteiger partial charge >= 0.3 is 0 Å². The number of rotatable bonds is 6. The van der Waals surface area contributed by atoms with Gasteiger partial charge in [-0.25, -0.2) is 0 Å². The summed E-state index contributed by atoms with van der Waals surface area (Å²) in [5.41, 5.74) is 3.41. The van der Waals surface area contributed by atoms with Crippen LogP contribution in [-0.2, 0) is 11.3 Å². The molecule has 1 atom stereocenters. The molecule has 1 N–H and O–H groups in total. The number of fused-ring (bicyclic) bond motifs is 1. The highest BCUT2D eigenvalue weighted by molar-refractivity contribution is 5.93. The van der Waals surface area contributed by atoms with E-state index in [2.05, 4.69) is 28.4 Å². The molecule has 2 aliphatic heterocycles. The highest BCUT2D eigenvalue weighted by Gasteiger charge is 2.29. The number of ether oxygens (including phenoxy) is 2. The number of carbonyl (C=O) groups excluding carboxylic acids is 1. The lowest BCUT2D eigenvalue weighted by Crippen LogP contribution is -2.33. The first-order valence-electron chi connectivity index (χ1n) is 12.1. The van der Waals surface area contributed by atoms with Crippen LogP contribution in [0.4, 0.5) is 5.82 Å². The molecule has 8 nitrogen and oxygen atoms in total. The van der Waals surface area contributed by atoms with Crippen molar-refractivity contribution in [3.8, 4) is 17.6 Å². The number of amides is 1. The van der Waals surface area contributed by atoms with E-state index in [0.717, 1.165) is 59.9 Å². The minimum Gasteiger partial charge on any atom is -0.490 e. The number of anilines is 1. The van der Waals surface area contributed by atoms with Gasteiger partial charge in [-0.3, -0.25) is 9.69 Å². The van der Waals surface area contributed by atoms with E-state index in [-0.39, 0.29) is 18.5 Å². The second kappa shape index (κ2) is 9.88. The number of furan rings is 1. The third-order valence-electron chi connectivity index (χ3n) is 6.96. The predicted molar refractivity (Wildman–Crippen MR) is 131 cm³/mol. The van der Waals surface area contributed by atoms with Crippen LogP contribution >= 0.6 is 0 Å². The molecule has 0 bridgehead atoms. The molecular formula is C27H30N4O4. The van der Waals surface area contributed by atoms with Gasteiger partial charge in [0, 0.05) is 18.2 Å². The molecule has 0 radical (unpaired) electrons. The van der Waals surface area contributed by atoms with Crippen LogP contribution in [0, 0.1) is 25.2 Å². The van der Waals surface area contributed by atoms with Crippen LogP contribution in [0.25, 0.3) is 0 Å². The van der Waals surface area contributed by atoms with Crippen molar-refractivity contribution in [2.45, 2.75) is 45.7 Å². The standard InChI is InChI=1S/C27H30N4O4/c1-18-19(2)31(16-21-6-4-11-33-21)27(22(18)15-28)29-26(32)17-30-10-3-7-23(30)20-8-9-24-25(14-20)35-13-5-12-34-24/h4,6,8-9,11,14,23H,3,5,7,10,12-13,16-17H2,1-2H3,(H,29,32)/t23-/m0/s1. The van der Waals surface area contributed by atoms with Crippen molar-refractivity contribution in [3.05, 3.63) is 64.7 Å². The van der Waals surface area contributed by atoms with Crippen LogP contribution < -0.4 is 14.8 Å². The first-order chi connectivity index (χ1) is 17.0. The van der Waals surface area contributed by atoms with Crippen molar-refractivity contribution < 1.29 is 18.7 Å². The van der Waals surface area contributed by atoms with Crippen LogP contribution in [0.15, 0.2) is 41.0 Å². The number of benzene rings is 1. The third-order valence-corrected chi connectivity index (χ3v) is 6.96. The van der Waals surface area contributed by atoms with Gasteiger partial charge < -0.3 is 23.8 Å². The molecule has 5 rings (SSSR count). The van der Waals surface area contributed by atoms with E-state index in [0.29, 0.717) is 31.1 Å². The molecule has 1 saturated heterocycles. The number of carbonyl (C=O) groups is 1. The lowest BCUT2D eigenvalue weighted by Gasteiger charge is -2.25. The van der Waals surface area contributed by atoms with Crippen molar-refractivity contribution >= 4 is 11.7 Å². The fraction of sp³-hybridized carbons (Fsp3) is 0.407.